The van der Waals surface area contributed by atoms with E-state index >= 15 is 0 Å². The number of unbranched alkanes of at least 4 members (excludes halogenated alkanes) is 2. The molecule has 2 nitrogen and oxygen atoms in total. The summed E-state index contributed by atoms with van der Waals surface area (Å²) in [5.41, 5.74) is -0.161. The summed E-state index contributed by atoms with van der Waals surface area (Å²) in [7, 11) is 0. The molecule has 8 heteroatoms. The molecule has 0 spiro atoms. The highest BCUT2D eigenvalue weighted by molar-refractivity contribution is 8.93. The van der Waals surface area contributed by atoms with Crippen molar-refractivity contribution in [3.63, 3.8) is 0 Å². The molecule has 3 aromatic carbocycles. The van der Waals surface area contributed by atoms with Gasteiger partial charge in [0.25, 0.3) is 0 Å². The van der Waals surface area contributed by atoms with Crippen molar-refractivity contribution in [2.24, 2.45) is 0 Å². The topological polar surface area (TPSA) is 23.5 Å². The third-order valence-electron chi connectivity index (χ3n) is 6.08. The molecule has 0 saturated carbocycles. The van der Waals surface area contributed by atoms with Gasteiger partial charge in [-0.15, -0.1) is 17.0 Å². The minimum absolute atomic E-state index is 0. The smallest absolute Gasteiger partial charge is 0.388 e. The van der Waals surface area contributed by atoms with Gasteiger partial charge in [0.2, 0.25) is 0 Å². The lowest BCUT2D eigenvalue weighted by molar-refractivity contribution is -0.137. The van der Waals surface area contributed by atoms with Crippen molar-refractivity contribution in [1.29, 1.82) is 0 Å². The minimum atomic E-state index is -4.48. The third kappa shape index (κ3) is 7.01. The Kier molecular flexibility index (Phi) is 11.0. The Bertz CT molecular complexity index is 1100. The van der Waals surface area contributed by atoms with Crippen LogP contribution in [0.1, 0.15) is 63.2 Å². The number of halogens is 6. The Hall–Kier alpha value is -1.05. The summed E-state index contributed by atoms with van der Waals surface area (Å²) >= 11 is 12.6. The zero-order chi connectivity index (χ0) is 24.2. The molecule has 0 aromatic heterocycles. The second-order valence-electron chi connectivity index (χ2n) is 8.56. The SMILES string of the molecule is Br.CCCCN(CCCC)CCC(O)c1cc2c(Cl)cc(Cl)cc2c2cc(C(F)(F)F)ccc12. The number of aliphatic hydroxyl groups excluding tert-OH is 1. The van der Waals surface area contributed by atoms with Gasteiger partial charge in [-0.25, -0.2) is 0 Å². The van der Waals surface area contributed by atoms with Crippen molar-refractivity contribution in [1.82, 2.24) is 4.90 Å². The van der Waals surface area contributed by atoms with Crippen LogP contribution in [0.15, 0.2) is 36.4 Å². The maximum absolute atomic E-state index is 13.4. The molecule has 0 aliphatic carbocycles. The molecule has 0 aliphatic heterocycles. The molecule has 0 bridgehead atoms. The molecule has 1 unspecified atom stereocenters. The Morgan fingerprint density at radius 3 is 2.06 bits per heavy atom. The summed E-state index contributed by atoms with van der Waals surface area (Å²) in [5.74, 6) is 0. The fourth-order valence-electron chi connectivity index (χ4n) is 4.22. The standard InChI is InChI=1S/C26H30Cl2F3NO.BrH/c1-3-5-10-32(11-6-4-2)12-9-25(33)23-16-22-21(14-18(27)15-24(22)28)20-13-17(26(29,30)31)7-8-19(20)23;/h7-8,13-16,25,33H,3-6,9-12H2,1-2H3;1H. The molecule has 0 radical (unpaired) electrons. The van der Waals surface area contributed by atoms with Gasteiger partial charge in [-0.2, -0.15) is 13.2 Å². The Labute approximate surface area is 219 Å². The van der Waals surface area contributed by atoms with Crippen LogP contribution < -0.4 is 0 Å². The second kappa shape index (κ2) is 12.8. The number of hydrogen-bond donors (Lipinski definition) is 1. The van der Waals surface area contributed by atoms with E-state index in [1.54, 1.807) is 18.2 Å². The second-order valence-corrected chi connectivity index (χ2v) is 9.40. The van der Waals surface area contributed by atoms with Gasteiger partial charge >= 0.3 is 6.18 Å². The minimum Gasteiger partial charge on any atom is -0.388 e. The van der Waals surface area contributed by atoms with Crippen molar-refractivity contribution in [3.05, 3.63) is 57.6 Å². The zero-order valence-corrected chi connectivity index (χ0v) is 22.6. The molecular formula is C26H31BrCl2F3NO. The van der Waals surface area contributed by atoms with Crippen molar-refractivity contribution in [3.8, 4) is 0 Å². The van der Waals surface area contributed by atoms with Gasteiger partial charge < -0.3 is 10.0 Å². The van der Waals surface area contributed by atoms with Crippen LogP contribution in [0.2, 0.25) is 10.0 Å². The first-order chi connectivity index (χ1) is 15.7. The normalized spacial score (nSPS) is 13.0. The van der Waals surface area contributed by atoms with Crippen LogP contribution in [0.25, 0.3) is 21.5 Å². The van der Waals surface area contributed by atoms with E-state index in [2.05, 4.69) is 18.7 Å². The summed E-state index contributed by atoms with van der Waals surface area (Å²) in [5, 5.41) is 13.9. The number of hydrogen-bond acceptors (Lipinski definition) is 2. The average Bonchev–Trinajstić information content (AvgIpc) is 2.77. The first-order valence-electron chi connectivity index (χ1n) is 11.5. The molecule has 0 amide bonds. The van der Waals surface area contributed by atoms with Crippen LogP contribution in [-0.2, 0) is 6.18 Å². The molecule has 1 N–H and O–H groups in total. The van der Waals surface area contributed by atoms with Crippen molar-refractivity contribution < 1.29 is 18.3 Å². The van der Waals surface area contributed by atoms with E-state index in [0.29, 0.717) is 43.6 Å². The van der Waals surface area contributed by atoms with Gasteiger partial charge in [-0.3, -0.25) is 0 Å². The number of aliphatic hydroxyl groups is 1. The lowest BCUT2D eigenvalue weighted by Crippen LogP contribution is -2.28. The highest BCUT2D eigenvalue weighted by atomic mass is 79.9. The summed E-state index contributed by atoms with van der Waals surface area (Å²) in [6.07, 6.45) is -0.431. The molecule has 0 aliphatic rings. The largest absolute Gasteiger partial charge is 0.416 e. The van der Waals surface area contributed by atoms with Crippen LogP contribution in [0, 0.1) is 0 Å². The van der Waals surface area contributed by atoms with E-state index in [-0.39, 0.29) is 17.0 Å². The molecule has 3 aromatic rings. The molecule has 0 saturated heterocycles. The summed E-state index contributed by atoms with van der Waals surface area (Å²) in [6.45, 7) is 6.97. The summed E-state index contributed by atoms with van der Waals surface area (Å²) in [4.78, 5) is 2.36. The van der Waals surface area contributed by atoms with Gasteiger partial charge in [0, 0.05) is 22.0 Å². The predicted octanol–water partition coefficient (Wildman–Crippen LogP) is 9.22. The van der Waals surface area contributed by atoms with Gasteiger partial charge in [0.15, 0.2) is 0 Å². The van der Waals surface area contributed by atoms with Gasteiger partial charge in [-0.05, 0) is 84.4 Å². The van der Waals surface area contributed by atoms with E-state index in [4.69, 9.17) is 23.2 Å². The quantitative estimate of drug-likeness (QED) is 0.242. The van der Waals surface area contributed by atoms with Crippen LogP contribution in [0.4, 0.5) is 13.2 Å². The van der Waals surface area contributed by atoms with E-state index in [0.717, 1.165) is 57.5 Å². The monoisotopic (exact) mass is 579 g/mol. The highest BCUT2D eigenvalue weighted by Crippen LogP contribution is 2.40. The Morgan fingerprint density at radius 1 is 0.853 bits per heavy atom. The van der Waals surface area contributed by atoms with E-state index < -0.39 is 17.8 Å². The van der Waals surface area contributed by atoms with E-state index in [9.17, 15) is 18.3 Å². The predicted molar refractivity (Wildman–Crippen MR) is 143 cm³/mol. The van der Waals surface area contributed by atoms with Gasteiger partial charge in [0.05, 0.1) is 11.7 Å². The lowest BCUT2D eigenvalue weighted by Gasteiger charge is -2.24. The molecular weight excluding hydrogens is 550 g/mol. The fourth-order valence-corrected chi connectivity index (χ4v) is 4.77. The number of rotatable bonds is 10. The Balaban J connectivity index is 0.00000408. The molecule has 0 fully saturated rings. The van der Waals surface area contributed by atoms with E-state index in [1.165, 1.54) is 6.07 Å². The Morgan fingerprint density at radius 2 is 1.47 bits per heavy atom. The van der Waals surface area contributed by atoms with Crippen LogP contribution in [0.3, 0.4) is 0 Å². The number of alkyl halides is 3. The number of nitrogens with zero attached hydrogens (tertiary/aromatic N) is 1. The van der Waals surface area contributed by atoms with Gasteiger partial charge in [-0.1, -0.05) is 56.0 Å². The lowest BCUT2D eigenvalue weighted by atomic mass is 9.92. The molecule has 0 heterocycles. The first-order valence-corrected chi connectivity index (χ1v) is 12.2. The zero-order valence-electron chi connectivity index (χ0n) is 19.4. The van der Waals surface area contributed by atoms with Gasteiger partial charge in [0.1, 0.15) is 0 Å². The maximum atomic E-state index is 13.4. The van der Waals surface area contributed by atoms with Crippen molar-refractivity contribution in [2.75, 3.05) is 19.6 Å². The average molecular weight is 581 g/mol. The molecule has 1 atom stereocenters. The van der Waals surface area contributed by atoms with Crippen molar-refractivity contribution >= 4 is 61.7 Å². The van der Waals surface area contributed by atoms with Crippen LogP contribution in [0.5, 0.6) is 0 Å². The van der Waals surface area contributed by atoms with Crippen LogP contribution in [-0.4, -0.2) is 29.6 Å². The molecule has 3 rings (SSSR count). The third-order valence-corrected chi connectivity index (χ3v) is 6.61. The number of benzene rings is 3. The number of fused-ring (bicyclic) bond motifs is 3. The van der Waals surface area contributed by atoms with Crippen molar-refractivity contribution in [2.45, 2.75) is 58.2 Å². The summed E-state index contributed by atoms with van der Waals surface area (Å²) in [6, 6.07) is 8.60. The fraction of sp³-hybridized carbons (Fsp3) is 0.462. The first kappa shape index (κ1) is 29.2. The maximum Gasteiger partial charge on any atom is 0.416 e. The molecule has 188 valence electrons. The highest BCUT2D eigenvalue weighted by Gasteiger charge is 2.31. The molecule has 34 heavy (non-hydrogen) atoms. The van der Waals surface area contributed by atoms with Crippen LogP contribution >= 0.6 is 40.2 Å². The summed E-state index contributed by atoms with van der Waals surface area (Å²) < 4.78 is 40.3. The van der Waals surface area contributed by atoms with E-state index in [1.807, 2.05) is 0 Å².